The third-order valence-electron chi connectivity index (χ3n) is 4.07. The van der Waals surface area contributed by atoms with Crippen LogP contribution in [0.2, 0.25) is 0 Å². The third kappa shape index (κ3) is 3.81. The number of aryl methyl sites for hydroxylation is 1. The van der Waals surface area contributed by atoms with Gasteiger partial charge in [0.2, 0.25) is 5.91 Å². The summed E-state index contributed by atoms with van der Waals surface area (Å²) in [4.78, 5) is 14.1. The number of rotatable bonds is 5. The van der Waals surface area contributed by atoms with E-state index in [4.69, 9.17) is 0 Å². The fourth-order valence-corrected chi connectivity index (χ4v) is 2.68. The van der Waals surface area contributed by atoms with Gasteiger partial charge in [0.25, 0.3) is 0 Å². The number of amides is 1. The van der Waals surface area contributed by atoms with Crippen molar-refractivity contribution in [1.82, 2.24) is 4.90 Å². The SMILES string of the molecule is Cc1cccc(NC(=O)CN(C)CC2CC(O)C2)c1C. The highest BCUT2D eigenvalue weighted by Gasteiger charge is 2.28. The monoisotopic (exact) mass is 276 g/mol. The number of carbonyl (C=O) groups excluding carboxylic acids is 1. The van der Waals surface area contributed by atoms with Crippen molar-refractivity contribution in [1.29, 1.82) is 0 Å². The molecule has 0 aliphatic heterocycles. The quantitative estimate of drug-likeness (QED) is 0.864. The number of aliphatic hydroxyl groups is 1. The molecule has 0 unspecified atom stereocenters. The Morgan fingerprint density at radius 3 is 2.75 bits per heavy atom. The van der Waals surface area contributed by atoms with Crippen LogP contribution in [0.1, 0.15) is 24.0 Å². The summed E-state index contributed by atoms with van der Waals surface area (Å²) in [6, 6.07) is 5.93. The van der Waals surface area contributed by atoms with Crippen molar-refractivity contribution in [2.75, 3.05) is 25.5 Å². The number of likely N-dealkylation sites (N-methyl/N-ethyl adjacent to an activating group) is 1. The second kappa shape index (κ2) is 6.37. The van der Waals surface area contributed by atoms with Gasteiger partial charge >= 0.3 is 0 Å². The zero-order chi connectivity index (χ0) is 14.7. The highest BCUT2D eigenvalue weighted by molar-refractivity contribution is 5.93. The molecule has 110 valence electrons. The molecule has 1 aliphatic rings. The second-order valence-corrected chi connectivity index (χ2v) is 5.98. The molecule has 0 aromatic heterocycles. The van der Waals surface area contributed by atoms with Crippen molar-refractivity contribution in [2.45, 2.75) is 32.8 Å². The molecule has 2 N–H and O–H groups in total. The lowest BCUT2D eigenvalue weighted by molar-refractivity contribution is -0.117. The van der Waals surface area contributed by atoms with E-state index in [1.165, 1.54) is 5.56 Å². The zero-order valence-electron chi connectivity index (χ0n) is 12.5. The minimum atomic E-state index is -0.128. The number of nitrogens with zero attached hydrogens (tertiary/aromatic N) is 1. The van der Waals surface area contributed by atoms with Crippen LogP contribution >= 0.6 is 0 Å². The van der Waals surface area contributed by atoms with E-state index in [9.17, 15) is 9.90 Å². The summed E-state index contributed by atoms with van der Waals surface area (Å²) in [5.41, 5.74) is 3.19. The minimum Gasteiger partial charge on any atom is -0.393 e. The minimum absolute atomic E-state index is 0.0149. The van der Waals surface area contributed by atoms with Gasteiger partial charge in [0, 0.05) is 12.2 Å². The Morgan fingerprint density at radius 2 is 2.10 bits per heavy atom. The number of anilines is 1. The fraction of sp³-hybridized carbons (Fsp3) is 0.562. The molecule has 2 rings (SSSR count). The van der Waals surface area contributed by atoms with Gasteiger partial charge in [-0.25, -0.2) is 0 Å². The van der Waals surface area contributed by atoms with Crippen LogP contribution in [0.5, 0.6) is 0 Å². The Hall–Kier alpha value is -1.39. The van der Waals surface area contributed by atoms with Crippen molar-refractivity contribution in [2.24, 2.45) is 5.92 Å². The van der Waals surface area contributed by atoms with Gasteiger partial charge in [-0.2, -0.15) is 0 Å². The van der Waals surface area contributed by atoms with Crippen molar-refractivity contribution in [3.8, 4) is 0 Å². The van der Waals surface area contributed by atoms with Gasteiger partial charge in [0.05, 0.1) is 12.6 Å². The Kier molecular flexibility index (Phi) is 4.78. The molecule has 4 heteroatoms. The first-order valence-corrected chi connectivity index (χ1v) is 7.18. The summed E-state index contributed by atoms with van der Waals surface area (Å²) in [7, 11) is 1.95. The molecule has 0 saturated heterocycles. The molecule has 0 atom stereocenters. The fourth-order valence-electron chi connectivity index (χ4n) is 2.68. The molecule has 4 nitrogen and oxygen atoms in total. The molecule has 0 bridgehead atoms. The summed E-state index contributed by atoms with van der Waals surface area (Å²) >= 11 is 0. The highest BCUT2D eigenvalue weighted by atomic mass is 16.3. The lowest BCUT2D eigenvalue weighted by Gasteiger charge is -2.34. The lowest BCUT2D eigenvalue weighted by atomic mass is 9.82. The van der Waals surface area contributed by atoms with Gasteiger partial charge in [0.15, 0.2) is 0 Å². The van der Waals surface area contributed by atoms with Gasteiger partial charge in [-0.05, 0) is 56.8 Å². The van der Waals surface area contributed by atoms with E-state index in [1.54, 1.807) is 0 Å². The summed E-state index contributed by atoms with van der Waals surface area (Å²) in [5.74, 6) is 0.546. The van der Waals surface area contributed by atoms with Crippen molar-refractivity contribution >= 4 is 11.6 Å². The summed E-state index contributed by atoms with van der Waals surface area (Å²) < 4.78 is 0. The van der Waals surface area contributed by atoms with Crippen LogP contribution in [0.3, 0.4) is 0 Å². The molecule has 20 heavy (non-hydrogen) atoms. The summed E-state index contributed by atoms with van der Waals surface area (Å²) in [5, 5.41) is 12.2. The number of aliphatic hydroxyl groups excluding tert-OH is 1. The van der Waals surface area contributed by atoms with E-state index in [0.717, 1.165) is 30.6 Å². The van der Waals surface area contributed by atoms with Crippen molar-refractivity contribution < 1.29 is 9.90 Å². The lowest BCUT2D eigenvalue weighted by Crippen LogP contribution is -2.40. The molecule has 0 radical (unpaired) electrons. The van der Waals surface area contributed by atoms with Crippen LogP contribution in [-0.2, 0) is 4.79 Å². The molecule has 1 aliphatic carbocycles. The molecule has 1 aromatic rings. The predicted octanol–water partition coefficient (Wildman–Crippen LogP) is 1.94. The molecule has 0 heterocycles. The van der Waals surface area contributed by atoms with Gasteiger partial charge in [-0.3, -0.25) is 9.69 Å². The Balaban J connectivity index is 1.81. The number of carbonyl (C=O) groups is 1. The van der Waals surface area contributed by atoms with E-state index < -0.39 is 0 Å². The topological polar surface area (TPSA) is 52.6 Å². The van der Waals surface area contributed by atoms with Gasteiger partial charge in [-0.15, -0.1) is 0 Å². The number of benzene rings is 1. The molecular formula is C16H24N2O2. The van der Waals surface area contributed by atoms with E-state index in [-0.39, 0.29) is 12.0 Å². The molecule has 1 amide bonds. The maximum atomic E-state index is 12.0. The number of hydrogen-bond acceptors (Lipinski definition) is 3. The second-order valence-electron chi connectivity index (χ2n) is 5.98. The summed E-state index contributed by atoms with van der Waals surface area (Å²) in [6.07, 6.45) is 1.60. The third-order valence-corrected chi connectivity index (χ3v) is 4.07. The smallest absolute Gasteiger partial charge is 0.238 e. The Morgan fingerprint density at radius 1 is 1.40 bits per heavy atom. The first-order chi connectivity index (χ1) is 9.45. The maximum Gasteiger partial charge on any atom is 0.238 e. The number of nitrogens with one attached hydrogen (secondary N) is 1. The standard InChI is InChI=1S/C16H24N2O2/c1-11-5-4-6-15(12(11)2)17-16(20)10-18(3)9-13-7-14(19)8-13/h4-6,13-14,19H,7-10H2,1-3H3,(H,17,20). The van der Waals surface area contributed by atoms with E-state index in [0.29, 0.717) is 12.5 Å². The molecular weight excluding hydrogens is 252 g/mol. The van der Waals surface area contributed by atoms with E-state index >= 15 is 0 Å². The van der Waals surface area contributed by atoms with Crippen LogP contribution in [0.25, 0.3) is 0 Å². The molecule has 1 saturated carbocycles. The normalized spacial score (nSPS) is 21.6. The van der Waals surface area contributed by atoms with Gasteiger partial charge < -0.3 is 10.4 Å². The van der Waals surface area contributed by atoms with Crippen LogP contribution in [0.15, 0.2) is 18.2 Å². The van der Waals surface area contributed by atoms with Crippen LogP contribution in [0.4, 0.5) is 5.69 Å². The first kappa shape index (κ1) is 15.0. The average Bonchev–Trinajstić information content (AvgIpc) is 2.33. The van der Waals surface area contributed by atoms with Crippen LogP contribution < -0.4 is 5.32 Å². The van der Waals surface area contributed by atoms with E-state index in [1.807, 2.05) is 44.0 Å². The van der Waals surface area contributed by atoms with Gasteiger partial charge in [0.1, 0.15) is 0 Å². The summed E-state index contributed by atoms with van der Waals surface area (Å²) in [6.45, 7) is 5.32. The van der Waals surface area contributed by atoms with Crippen molar-refractivity contribution in [3.63, 3.8) is 0 Å². The van der Waals surface area contributed by atoms with Crippen molar-refractivity contribution in [3.05, 3.63) is 29.3 Å². The largest absolute Gasteiger partial charge is 0.393 e. The maximum absolute atomic E-state index is 12.0. The Labute approximate surface area is 120 Å². The molecule has 0 spiro atoms. The molecule has 1 aromatic carbocycles. The molecule has 1 fully saturated rings. The predicted molar refractivity (Wildman–Crippen MR) is 80.8 cm³/mol. The number of hydrogen-bond donors (Lipinski definition) is 2. The van der Waals surface area contributed by atoms with E-state index in [2.05, 4.69) is 5.32 Å². The first-order valence-electron chi connectivity index (χ1n) is 7.18. The van der Waals surface area contributed by atoms with Crippen LogP contribution in [0, 0.1) is 19.8 Å². The van der Waals surface area contributed by atoms with Gasteiger partial charge in [-0.1, -0.05) is 12.1 Å². The average molecular weight is 276 g/mol. The highest BCUT2D eigenvalue weighted by Crippen LogP contribution is 2.27. The Bertz CT molecular complexity index is 481. The zero-order valence-corrected chi connectivity index (χ0v) is 12.5. The van der Waals surface area contributed by atoms with Crippen LogP contribution in [-0.4, -0.2) is 42.2 Å².